The van der Waals surface area contributed by atoms with E-state index in [-0.39, 0.29) is 11.9 Å². The van der Waals surface area contributed by atoms with Crippen LogP contribution in [0, 0.1) is 0 Å². The molecule has 1 amide bonds. The Balaban J connectivity index is 1.52. The van der Waals surface area contributed by atoms with Gasteiger partial charge in [0.15, 0.2) is 5.13 Å². The van der Waals surface area contributed by atoms with E-state index in [2.05, 4.69) is 35.8 Å². The summed E-state index contributed by atoms with van der Waals surface area (Å²) in [5.74, 6) is 0.208. The molecule has 5 heteroatoms. The number of rotatable bonds is 5. The molecule has 3 aromatic rings. The lowest BCUT2D eigenvalue weighted by molar-refractivity contribution is -0.117. The molecule has 1 fully saturated rings. The monoisotopic (exact) mass is 363 g/mol. The topological polar surface area (TPSA) is 45.2 Å². The standard InChI is InChI=1S/C21H21N3OS/c1-15(16-7-3-2-4-8-16)22-21-23-19(14-26-21)17-9-5-10-18(13-17)24-12-6-11-20(24)25/h2-5,7-10,13-15H,6,11-12H2,1H3,(H,22,23)/t15-/m1/s1. The highest BCUT2D eigenvalue weighted by atomic mass is 32.1. The van der Waals surface area contributed by atoms with Crippen molar-refractivity contribution in [2.45, 2.75) is 25.8 Å². The molecule has 4 nitrogen and oxygen atoms in total. The maximum atomic E-state index is 12.0. The van der Waals surface area contributed by atoms with Crippen molar-refractivity contribution < 1.29 is 4.79 Å². The lowest BCUT2D eigenvalue weighted by atomic mass is 10.1. The second-order valence-corrected chi connectivity index (χ2v) is 7.37. The molecule has 1 aromatic heterocycles. The largest absolute Gasteiger partial charge is 0.355 e. The van der Waals surface area contributed by atoms with Crippen molar-refractivity contribution in [3.8, 4) is 11.3 Å². The average Bonchev–Trinajstić information content (AvgIpc) is 3.31. The van der Waals surface area contributed by atoms with Crippen molar-refractivity contribution >= 4 is 28.1 Å². The molecule has 0 bridgehead atoms. The molecule has 2 aromatic carbocycles. The van der Waals surface area contributed by atoms with Crippen LogP contribution in [0.1, 0.15) is 31.4 Å². The van der Waals surface area contributed by atoms with Crippen molar-refractivity contribution in [1.29, 1.82) is 0 Å². The number of hydrogen-bond acceptors (Lipinski definition) is 4. The Bertz CT molecular complexity index is 906. The normalized spacial score (nSPS) is 15.3. The Labute approximate surface area is 157 Å². The first-order valence-electron chi connectivity index (χ1n) is 8.88. The van der Waals surface area contributed by atoms with E-state index in [1.165, 1.54) is 5.56 Å². The van der Waals surface area contributed by atoms with Gasteiger partial charge < -0.3 is 10.2 Å². The van der Waals surface area contributed by atoms with Crippen LogP contribution in [0.3, 0.4) is 0 Å². The predicted octanol–water partition coefficient (Wildman–Crippen LogP) is 5.11. The molecular weight excluding hydrogens is 342 g/mol. The SMILES string of the molecule is C[C@@H](Nc1nc(-c2cccc(N3CCCC3=O)c2)cs1)c1ccccc1. The van der Waals surface area contributed by atoms with Gasteiger partial charge in [-0.15, -0.1) is 11.3 Å². The van der Waals surface area contributed by atoms with Crippen molar-refractivity contribution in [3.63, 3.8) is 0 Å². The van der Waals surface area contributed by atoms with Crippen molar-refractivity contribution in [3.05, 3.63) is 65.5 Å². The fraction of sp³-hybridized carbons (Fsp3) is 0.238. The van der Waals surface area contributed by atoms with Gasteiger partial charge in [0, 0.05) is 29.6 Å². The van der Waals surface area contributed by atoms with Gasteiger partial charge in [-0.05, 0) is 31.0 Å². The molecule has 0 aliphatic carbocycles. The fourth-order valence-corrected chi connectivity index (χ4v) is 4.05. The number of carbonyl (C=O) groups is 1. The molecule has 0 unspecified atom stereocenters. The Morgan fingerprint density at radius 3 is 2.77 bits per heavy atom. The summed E-state index contributed by atoms with van der Waals surface area (Å²) in [5, 5.41) is 6.43. The number of benzene rings is 2. The van der Waals surface area contributed by atoms with Gasteiger partial charge in [0.25, 0.3) is 0 Å². The number of aromatic nitrogens is 1. The predicted molar refractivity (Wildman–Crippen MR) is 108 cm³/mol. The summed E-state index contributed by atoms with van der Waals surface area (Å²) in [6.07, 6.45) is 1.58. The third kappa shape index (κ3) is 3.48. The van der Waals surface area contributed by atoms with E-state index < -0.39 is 0 Å². The third-order valence-corrected chi connectivity index (χ3v) is 5.44. The number of nitrogens with zero attached hydrogens (tertiary/aromatic N) is 2. The number of carbonyl (C=O) groups excluding carboxylic acids is 1. The van der Waals surface area contributed by atoms with Crippen LogP contribution in [-0.2, 0) is 4.79 Å². The van der Waals surface area contributed by atoms with Crippen LogP contribution in [0.5, 0.6) is 0 Å². The highest BCUT2D eigenvalue weighted by Crippen LogP contribution is 2.31. The fourth-order valence-electron chi connectivity index (χ4n) is 3.24. The Morgan fingerprint density at radius 1 is 1.15 bits per heavy atom. The van der Waals surface area contributed by atoms with Crippen LogP contribution in [0.25, 0.3) is 11.3 Å². The zero-order valence-corrected chi connectivity index (χ0v) is 15.5. The Kier molecular flexibility index (Phi) is 4.71. The van der Waals surface area contributed by atoms with Crippen LogP contribution in [0.2, 0.25) is 0 Å². The summed E-state index contributed by atoms with van der Waals surface area (Å²) in [5.41, 5.74) is 4.18. The van der Waals surface area contributed by atoms with Crippen LogP contribution >= 0.6 is 11.3 Å². The van der Waals surface area contributed by atoms with Gasteiger partial charge in [-0.3, -0.25) is 4.79 Å². The molecule has 1 aliphatic heterocycles. The maximum Gasteiger partial charge on any atom is 0.227 e. The van der Waals surface area contributed by atoms with Crippen molar-refractivity contribution in [2.75, 3.05) is 16.8 Å². The second-order valence-electron chi connectivity index (χ2n) is 6.51. The summed E-state index contributed by atoms with van der Waals surface area (Å²) in [6.45, 7) is 2.94. The molecule has 0 radical (unpaired) electrons. The number of anilines is 2. The van der Waals surface area contributed by atoms with Crippen LogP contribution in [-0.4, -0.2) is 17.4 Å². The summed E-state index contributed by atoms with van der Waals surface area (Å²) in [4.78, 5) is 18.6. The Hall–Kier alpha value is -2.66. The molecule has 2 heterocycles. The molecule has 0 spiro atoms. The van der Waals surface area contributed by atoms with E-state index in [4.69, 9.17) is 4.98 Å². The maximum absolute atomic E-state index is 12.0. The van der Waals surface area contributed by atoms with E-state index in [9.17, 15) is 4.79 Å². The molecule has 0 saturated carbocycles. The summed E-state index contributed by atoms with van der Waals surface area (Å²) in [6, 6.07) is 18.6. The molecule has 132 valence electrons. The average molecular weight is 363 g/mol. The summed E-state index contributed by atoms with van der Waals surface area (Å²) >= 11 is 1.60. The molecule has 1 aliphatic rings. The van der Waals surface area contributed by atoms with E-state index in [1.807, 2.05) is 41.3 Å². The Morgan fingerprint density at radius 2 is 2.00 bits per heavy atom. The number of hydrogen-bond donors (Lipinski definition) is 1. The molecule has 26 heavy (non-hydrogen) atoms. The minimum absolute atomic E-state index is 0.198. The van der Waals surface area contributed by atoms with Crippen LogP contribution < -0.4 is 10.2 Å². The van der Waals surface area contributed by atoms with E-state index in [0.29, 0.717) is 6.42 Å². The lowest BCUT2D eigenvalue weighted by Crippen LogP contribution is -2.23. The highest BCUT2D eigenvalue weighted by molar-refractivity contribution is 7.14. The zero-order valence-electron chi connectivity index (χ0n) is 14.7. The molecule has 1 atom stereocenters. The lowest BCUT2D eigenvalue weighted by Gasteiger charge is -2.16. The second kappa shape index (κ2) is 7.30. The van der Waals surface area contributed by atoms with Gasteiger partial charge in [-0.1, -0.05) is 42.5 Å². The van der Waals surface area contributed by atoms with Crippen molar-refractivity contribution in [2.24, 2.45) is 0 Å². The highest BCUT2D eigenvalue weighted by Gasteiger charge is 2.22. The molecule has 1 N–H and O–H groups in total. The molecule has 1 saturated heterocycles. The van der Waals surface area contributed by atoms with E-state index in [0.717, 1.165) is 35.0 Å². The molecular formula is C21H21N3OS. The first kappa shape index (κ1) is 16.8. The van der Waals surface area contributed by atoms with Gasteiger partial charge in [-0.25, -0.2) is 4.98 Å². The number of thiazole rings is 1. The van der Waals surface area contributed by atoms with Crippen LogP contribution in [0.4, 0.5) is 10.8 Å². The van der Waals surface area contributed by atoms with Gasteiger partial charge in [0.05, 0.1) is 11.7 Å². The quantitative estimate of drug-likeness (QED) is 0.685. The first-order chi connectivity index (χ1) is 12.7. The smallest absolute Gasteiger partial charge is 0.227 e. The minimum atomic E-state index is 0.198. The van der Waals surface area contributed by atoms with Gasteiger partial charge >= 0.3 is 0 Å². The van der Waals surface area contributed by atoms with Crippen molar-refractivity contribution in [1.82, 2.24) is 4.98 Å². The third-order valence-electron chi connectivity index (χ3n) is 4.67. The zero-order chi connectivity index (χ0) is 17.9. The first-order valence-corrected chi connectivity index (χ1v) is 9.76. The summed E-state index contributed by atoms with van der Waals surface area (Å²) in [7, 11) is 0. The van der Waals surface area contributed by atoms with E-state index >= 15 is 0 Å². The number of nitrogens with one attached hydrogen (secondary N) is 1. The van der Waals surface area contributed by atoms with Gasteiger partial charge in [0.2, 0.25) is 5.91 Å². The molecule has 4 rings (SSSR count). The summed E-state index contributed by atoms with van der Waals surface area (Å²) < 4.78 is 0. The van der Waals surface area contributed by atoms with Gasteiger partial charge in [0.1, 0.15) is 0 Å². The minimum Gasteiger partial charge on any atom is -0.355 e. The van der Waals surface area contributed by atoms with Gasteiger partial charge in [-0.2, -0.15) is 0 Å². The number of amides is 1. The van der Waals surface area contributed by atoms with Crippen LogP contribution in [0.15, 0.2) is 60.0 Å². The van der Waals surface area contributed by atoms with E-state index in [1.54, 1.807) is 11.3 Å².